The van der Waals surface area contributed by atoms with Crippen LogP contribution in [0, 0.1) is 23.0 Å². The van der Waals surface area contributed by atoms with Gasteiger partial charge >= 0.3 is 0 Å². The summed E-state index contributed by atoms with van der Waals surface area (Å²) in [5.41, 5.74) is 0.964. The van der Waals surface area contributed by atoms with Crippen molar-refractivity contribution >= 4 is 17.3 Å². The average molecular weight is 250 g/mol. The van der Waals surface area contributed by atoms with Gasteiger partial charge < -0.3 is 10.1 Å². The lowest BCUT2D eigenvalue weighted by Crippen LogP contribution is -2.23. The Hall–Kier alpha value is -1.95. The molecule has 18 heavy (non-hydrogen) atoms. The van der Waals surface area contributed by atoms with Gasteiger partial charge in [-0.25, -0.2) is 0 Å². The Labute approximate surface area is 104 Å². The number of rotatable bonds is 3. The normalized spacial score (nSPS) is 18.6. The van der Waals surface area contributed by atoms with E-state index in [0.29, 0.717) is 30.9 Å². The van der Waals surface area contributed by atoms with E-state index in [0.717, 1.165) is 0 Å². The number of hydrogen-bond acceptors (Lipinski definition) is 4. The second-order valence-corrected chi connectivity index (χ2v) is 4.26. The van der Waals surface area contributed by atoms with Crippen molar-refractivity contribution in [1.82, 2.24) is 0 Å². The SMILES string of the molecule is Cc1c(NC(=O)C2CCOC2)cccc1[N+](=O)[O-]. The van der Waals surface area contributed by atoms with E-state index in [-0.39, 0.29) is 17.5 Å². The highest BCUT2D eigenvalue weighted by Crippen LogP contribution is 2.26. The molecule has 0 saturated carbocycles. The number of hydrogen-bond donors (Lipinski definition) is 1. The van der Waals surface area contributed by atoms with Gasteiger partial charge in [-0.3, -0.25) is 14.9 Å². The summed E-state index contributed by atoms with van der Waals surface area (Å²) in [6.45, 7) is 2.63. The maximum Gasteiger partial charge on any atom is 0.274 e. The Morgan fingerprint density at radius 2 is 2.33 bits per heavy atom. The van der Waals surface area contributed by atoms with Gasteiger partial charge in [-0.15, -0.1) is 0 Å². The fourth-order valence-electron chi connectivity index (χ4n) is 1.93. The maximum absolute atomic E-state index is 11.9. The molecule has 1 saturated heterocycles. The summed E-state index contributed by atoms with van der Waals surface area (Å²) in [4.78, 5) is 22.2. The Balaban J connectivity index is 2.16. The molecule has 1 aliphatic heterocycles. The molecule has 1 unspecified atom stereocenters. The van der Waals surface area contributed by atoms with Gasteiger partial charge in [0.15, 0.2) is 0 Å². The Morgan fingerprint density at radius 1 is 1.56 bits per heavy atom. The predicted octanol–water partition coefficient (Wildman–Crippen LogP) is 1.88. The molecule has 1 heterocycles. The van der Waals surface area contributed by atoms with Crippen LogP contribution < -0.4 is 5.32 Å². The molecule has 1 atom stereocenters. The molecule has 0 aromatic heterocycles. The summed E-state index contributed by atoms with van der Waals surface area (Å²) >= 11 is 0. The molecule has 0 spiro atoms. The van der Waals surface area contributed by atoms with Gasteiger partial charge in [0.05, 0.1) is 28.7 Å². The molecule has 6 nitrogen and oxygen atoms in total. The lowest BCUT2D eigenvalue weighted by molar-refractivity contribution is -0.385. The van der Waals surface area contributed by atoms with Crippen LogP contribution in [0.2, 0.25) is 0 Å². The summed E-state index contributed by atoms with van der Waals surface area (Å²) in [6.07, 6.45) is 0.694. The smallest absolute Gasteiger partial charge is 0.274 e. The monoisotopic (exact) mass is 250 g/mol. The zero-order valence-corrected chi connectivity index (χ0v) is 10.0. The number of carbonyl (C=O) groups is 1. The standard InChI is InChI=1S/C12H14N2O4/c1-8-10(3-2-4-11(8)14(16)17)13-12(15)9-5-6-18-7-9/h2-4,9H,5-7H2,1H3,(H,13,15). The number of carbonyl (C=O) groups excluding carboxylic acids is 1. The Kier molecular flexibility index (Phi) is 3.57. The third-order valence-corrected chi connectivity index (χ3v) is 3.06. The third kappa shape index (κ3) is 2.48. The van der Waals surface area contributed by atoms with Crippen LogP contribution >= 0.6 is 0 Å². The van der Waals surface area contributed by atoms with Crippen molar-refractivity contribution in [3.8, 4) is 0 Å². The quantitative estimate of drug-likeness (QED) is 0.656. The molecule has 1 aromatic rings. The number of nitrogens with zero attached hydrogens (tertiary/aromatic N) is 1. The lowest BCUT2D eigenvalue weighted by atomic mass is 10.1. The van der Waals surface area contributed by atoms with Crippen molar-refractivity contribution in [3.05, 3.63) is 33.9 Å². The van der Waals surface area contributed by atoms with E-state index in [4.69, 9.17) is 4.74 Å². The van der Waals surface area contributed by atoms with Gasteiger partial charge in [0.2, 0.25) is 5.91 Å². The van der Waals surface area contributed by atoms with E-state index in [1.54, 1.807) is 19.1 Å². The van der Waals surface area contributed by atoms with Crippen LogP contribution in [0.15, 0.2) is 18.2 Å². The summed E-state index contributed by atoms with van der Waals surface area (Å²) in [6, 6.07) is 4.64. The van der Waals surface area contributed by atoms with E-state index in [1.807, 2.05) is 0 Å². The minimum absolute atomic E-state index is 0.00970. The van der Waals surface area contributed by atoms with Gasteiger partial charge in [0.1, 0.15) is 0 Å². The lowest BCUT2D eigenvalue weighted by Gasteiger charge is -2.11. The average Bonchev–Trinajstić information content (AvgIpc) is 2.85. The number of amides is 1. The van der Waals surface area contributed by atoms with Gasteiger partial charge in [0.25, 0.3) is 5.69 Å². The van der Waals surface area contributed by atoms with Crippen molar-refractivity contribution < 1.29 is 14.5 Å². The van der Waals surface area contributed by atoms with Crippen molar-refractivity contribution in [1.29, 1.82) is 0 Å². The molecule has 2 rings (SSSR count). The summed E-state index contributed by atoms with van der Waals surface area (Å²) in [5.74, 6) is -0.306. The van der Waals surface area contributed by atoms with Crippen LogP contribution in [0.1, 0.15) is 12.0 Å². The van der Waals surface area contributed by atoms with Gasteiger partial charge in [-0.2, -0.15) is 0 Å². The molecule has 1 aromatic carbocycles. The maximum atomic E-state index is 11.9. The van der Waals surface area contributed by atoms with Crippen molar-refractivity contribution in [3.63, 3.8) is 0 Å². The summed E-state index contributed by atoms with van der Waals surface area (Å²) in [7, 11) is 0. The topological polar surface area (TPSA) is 81.5 Å². The second-order valence-electron chi connectivity index (χ2n) is 4.26. The third-order valence-electron chi connectivity index (χ3n) is 3.06. The van der Waals surface area contributed by atoms with Crippen molar-refractivity contribution in [2.75, 3.05) is 18.5 Å². The highest BCUT2D eigenvalue weighted by Gasteiger charge is 2.24. The van der Waals surface area contributed by atoms with Crippen LogP contribution in [0.5, 0.6) is 0 Å². The zero-order valence-electron chi connectivity index (χ0n) is 10.0. The number of nitrogens with one attached hydrogen (secondary N) is 1. The van der Waals surface area contributed by atoms with Crippen LogP contribution in [-0.2, 0) is 9.53 Å². The first-order chi connectivity index (χ1) is 8.59. The molecule has 0 radical (unpaired) electrons. The molecular weight excluding hydrogens is 236 g/mol. The molecule has 0 bridgehead atoms. The van der Waals surface area contributed by atoms with Crippen LogP contribution in [-0.4, -0.2) is 24.0 Å². The predicted molar refractivity (Wildman–Crippen MR) is 65.4 cm³/mol. The van der Waals surface area contributed by atoms with E-state index < -0.39 is 4.92 Å². The number of nitro benzene ring substituents is 1. The van der Waals surface area contributed by atoms with Gasteiger partial charge in [-0.1, -0.05) is 6.07 Å². The molecule has 0 aliphatic carbocycles. The minimum atomic E-state index is -0.455. The van der Waals surface area contributed by atoms with E-state index in [9.17, 15) is 14.9 Å². The van der Waals surface area contributed by atoms with Gasteiger partial charge in [-0.05, 0) is 19.4 Å². The van der Waals surface area contributed by atoms with E-state index in [2.05, 4.69) is 5.32 Å². The summed E-state index contributed by atoms with van der Waals surface area (Å²) < 4.78 is 5.14. The molecule has 1 fully saturated rings. The molecule has 1 N–H and O–H groups in total. The molecule has 96 valence electrons. The fraction of sp³-hybridized carbons (Fsp3) is 0.417. The first-order valence-electron chi connectivity index (χ1n) is 5.72. The first kappa shape index (κ1) is 12.5. The zero-order chi connectivity index (χ0) is 13.1. The highest BCUT2D eigenvalue weighted by atomic mass is 16.6. The molecule has 6 heteroatoms. The highest BCUT2D eigenvalue weighted by molar-refractivity contribution is 5.94. The fourth-order valence-corrected chi connectivity index (χ4v) is 1.93. The van der Waals surface area contributed by atoms with Crippen LogP contribution in [0.25, 0.3) is 0 Å². The van der Waals surface area contributed by atoms with E-state index in [1.165, 1.54) is 6.07 Å². The van der Waals surface area contributed by atoms with E-state index >= 15 is 0 Å². The number of anilines is 1. The van der Waals surface area contributed by atoms with Crippen LogP contribution in [0.4, 0.5) is 11.4 Å². The minimum Gasteiger partial charge on any atom is -0.381 e. The second kappa shape index (κ2) is 5.14. The first-order valence-corrected chi connectivity index (χ1v) is 5.72. The van der Waals surface area contributed by atoms with Gasteiger partial charge in [0, 0.05) is 12.7 Å². The number of ether oxygens (including phenoxy) is 1. The molecule has 1 amide bonds. The Morgan fingerprint density at radius 3 is 2.94 bits per heavy atom. The Bertz CT molecular complexity index is 481. The molecule has 1 aliphatic rings. The van der Waals surface area contributed by atoms with Crippen LogP contribution in [0.3, 0.4) is 0 Å². The number of benzene rings is 1. The largest absolute Gasteiger partial charge is 0.381 e. The number of nitro groups is 1. The van der Waals surface area contributed by atoms with Crippen molar-refractivity contribution in [2.45, 2.75) is 13.3 Å². The summed E-state index contributed by atoms with van der Waals surface area (Å²) in [5, 5.41) is 13.5. The van der Waals surface area contributed by atoms with Crippen molar-refractivity contribution in [2.24, 2.45) is 5.92 Å². The molecular formula is C12H14N2O4.